The molecule has 0 N–H and O–H groups in total. The average molecular weight is 290 g/mol. The Hall–Kier alpha value is -0.903. The summed E-state index contributed by atoms with van der Waals surface area (Å²) in [5.41, 5.74) is 0.628. The minimum Gasteiger partial charge on any atom is -0.350 e. The Morgan fingerprint density at radius 3 is 2.45 bits per heavy atom. The van der Waals surface area contributed by atoms with E-state index in [1.54, 1.807) is 0 Å². The van der Waals surface area contributed by atoms with Crippen molar-refractivity contribution in [3.05, 3.63) is 42.5 Å². The van der Waals surface area contributed by atoms with Gasteiger partial charge in [-0.15, -0.1) is 0 Å². The molecule has 0 aliphatic carbocycles. The fraction of sp³-hybridized carbons (Fsp3) is 0.529. The van der Waals surface area contributed by atoms with Crippen LogP contribution < -0.4 is 5.19 Å². The van der Waals surface area contributed by atoms with E-state index in [0.29, 0.717) is 5.54 Å². The monoisotopic (exact) mass is 290 g/mol. The van der Waals surface area contributed by atoms with Crippen LogP contribution in [0.15, 0.2) is 42.5 Å². The third-order valence-corrected chi connectivity index (χ3v) is 8.43. The van der Waals surface area contributed by atoms with Crippen molar-refractivity contribution in [2.45, 2.75) is 44.7 Å². The van der Waals surface area contributed by atoms with Gasteiger partial charge in [0, 0.05) is 0 Å². The highest BCUT2D eigenvalue weighted by molar-refractivity contribution is 6.91. The van der Waals surface area contributed by atoms with E-state index in [-0.39, 0.29) is 6.29 Å². The number of benzene rings is 1. The van der Waals surface area contributed by atoms with Gasteiger partial charge in [-0.1, -0.05) is 60.8 Å². The minimum absolute atomic E-state index is 0.0170. The lowest BCUT2D eigenvalue weighted by atomic mass is 10.2. The number of hydrogen-bond donors (Lipinski definition) is 0. The van der Waals surface area contributed by atoms with E-state index in [9.17, 15) is 0 Å². The number of ether oxygens (including phenoxy) is 2. The molecule has 0 radical (unpaired) electrons. The van der Waals surface area contributed by atoms with Crippen LogP contribution in [-0.2, 0) is 9.47 Å². The first-order valence-corrected chi connectivity index (χ1v) is 10.6. The molecule has 20 heavy (non-hydrogen) atoms. The molecule has 110 valence electrons. The van der Waals surface area contributed by atoms with E-state index >= 15 is 0 Å². The maximum absolute atomic E-state index is 5.57. The smallest absolute Gasteiger partial charge is 0.157 e. The highest BCUT2D eigenvalue weighted by Crippen LogP contribution is 2.30. The molecule has 1 saturated heterocycles. The van der Waals surface area contributed by atoms with Crippen LogP contribution in [0.5, 0.6) is 0 Å². The van der Waals surface area contributed by atoms with Crippen molar-refractivity contribution in [1.82, 2.24) is 0 Å². The van der Waals surface area contributed by atoms with E-state index in [1.807, 2.05) is 0 Å². The predicted molar refractivity (Wildman–Crippen MR) is 87.0 cm³/mol. The Balaban J connectivity index is 2.06. The largest absolute Gasteiger partial charge is 0.350 e. The maximum atomic E-state index is 5.57. The second-order valence-electron chi connectivity index (χ2n) is 5.97. The van der Waals surface area contributed by atoms with Crippen molar-refractivity contribution >= 4 is 13.3 Å². The molecular formula is C17H26O2Si. The van der Waals surface area contributed by atoms with Crippen LogP contribution in [-0.4, -0.2) is 27.6 Å². The van der Waals surface area contributed by atoms with Gasteiger partial charge < -0.3 is 9.47 Å². The number of rotatable bonds is 6. The molecule has 0 amide bonds. The predicted octanol–water partition coefficient (Wildman–Crippen LogP) is 3.70. The average Bonchev–Trinajstić information content (AvgIpc) is 2.97. The summed E-state index contributed by atoms with van der Waals surface area (Å²) in [5, 5.41) is 1.52. The van der Waals surface area contributed by atoms with Gasteiger partial charge in [-0.05, 0) is 25.3 Å². The zero-order valence-electron chi connectivity index (χ0n) is 12.8. The van der Waals surface area contributed by atoms with Gasteiger partial charge in [0.1, 0.15) is 0 Å². The SMILES string of the molecule is C/C=C/[C@H](CCC1OCCO1)[Si](C)(C)c1ccccc1. The van der Waals surface area contributed by atoms with Crippen molar-refractivity contribution in [3.63, 3.8) is 0 Å². The molecule has 1 aliphatic rings. The molecule has 0 unspecified atom stereocenters. The Morgan fingerprint density at radius 1 is 1.20 bits per heavy atom. The normalized spacial score (nSPS) is 18.8. The van der Waals surface area contributed by atoms with E-state index in [4.69, 9.17) is 9.47 Å². The molecule has 1 atom stereocenters. The highest BCUT2D eigenvalue weighted by atomic mass is 28.3. The first-order valence-electron chi connectivity index (χ1n) is 7.56. The van der Waals surface area contributed by atoms with Crippen LogP contribution in [0.1, 0.15) is 19.8 Å². The summed E-state index contributed by atoms with van der Waals surface area (Å²) in [6.45, 7) is 8.54. The van der Waals surface area contributed by atoms with Crippen molar-refractivity contribution in [3.8, 4) is 0 Å². The second kappa shape index (κ2) is 7.20. The highest BCUT2D eigenvalue weighted by Gasteiger charge is 2.32. The summed E-state index contributed by atoms with van der Waals surface area (Å²) in [7, 11) is -1.50. The van der Waals surface area contributed by atoms with Crippen LogP contribution >= 0.6 is 0 Å². The molecule has 0 spiro atoms. The van der Waals surface area contributed by atoms with Crippen molar-refractivity contribution in [2.75, 3.05) is 13.2 Å². The fourth-order valence-electron chi connectivity index (χ4n) is 2.90. The Bertz CT molecular complexity index is 422. The van der Waals surface area contributed by atoms with Gasteiger partial charge in [0.2, 0.25) is 0 Å². The maximum Gasteiger partial charge on any atom is 0.157 e. The minimum atomic E-state index is -1.50. The Labute approximate surface area is 123 Å². The van der Waals surface area contributed by atoms with Crippen LogP contribution in [0.4, 0.5) is 0 Å². The van der Waals surface area contributed by atoms with Gasteiger partial charge in [0.15, 0.2) is 6.29 Å². The standard InChI is InChI=1S/C17H26O2Si/c1-4-8-15(11-12-17-18-13-14-19-17)20(2,3)16-9-6-5-7-10-16/h4-10,15,17H,11-14H2,1-3H3/b8-4+/t15-/m1/s1. The summed E-state index contributed by atoms with van der Waals surface area (Å²) in [4.78, 5) is 0. The molecule has 1 aromatic carbocycles. The van der Waals surface area contributed by atoms with Crippen LogP contribution in [0.2, 0.25) is 18.6 Å². The topological polar surface area (TPSA) is 18.5 Å². The summed E-state index contributed by atoms with van der Waals surface area (Å²) >= 11 is 0. The second-order valence-corrected chi connectivity index (χ2v) is 10.7. The number of hydrogen-bond acceptors (Lipinski definition) is 2. The zero-order valence-corrected chi connectivity index (χ0v) is 13.8. The van der Waals surface area contributed by atoms with Gasteiger partial charge in [-0.25, -0.2) is 0 Å². The first-order chi connectivity index (χ1) is 9.64. The van der Waals surface area contributed by atoms with Crippen molar-refractivity contribution in [2.24, 2.45) is 0 Å². The first kappa shape index (κ1) is 15.5. The summed E-state index contributed by atoms with van der Waals surface area (Å²) in [5.74, 6) is 0. The molecule has 1 fully saturated rings. The molecule has 2 rings (SSSR count). The molecule has 2 nitrogen and oxygen atoms in total. The Kier molecular flexibility index (Phi) is 5.58. The van der Waals surface area contributed by atoms with E-state index in [0.717, 1.165) is 26.1 Å². The lowest BCUT2D eigenvalue weighted by Crippen LogP contribution is -2.45. The molecule has 1 aromatic rings. The van der Waals surface area contributed by atoms with E-state index < -0.39 is 8.07 Å². The lowest BCUT2D eigenvalue weighted by Gasteiger charge is -2.31. The van der Waals surface area contributed by atoms with Gasteiger partial charge in [-0.3, -0.25) is 0 Å². The van der Waals surface area contributed by atoms with Crippen molar-refractivity contribution < 1.29 is 9.47 Å². The summed E-state index contributed by atoms with van der Waals surface area (Å²) < 4.78 is 11.1. The Morgan fingerprint density at radius 2 is 1.85 bits per heavy atom. The number of allylic oxidation sites excluding steroid dienone is 2. The quantitative estimate of drug-likeness (QED) is 0.587. The van der Waals surface area contributed by atoms with Crippen molar-refractivity contribution in [1.29, 1.82) is 0 Å². The zero-order chi connectivity index (χ0) is 14.4. The third-order valence-electron chi connectivity index (χ3n) is 4.27. The van der Waals surface area contributed by atoms with Crippen LogP contribution in [0.3, 0.4) is 0 Å². The molecule has 0 aromatic heterocycles. The molecule has 1 aliphatic heterocycles. The fourth-order valence-corrected chi connectivity index (χ4v) is 5.94. The molecule has 0 bridgehead atoms. The van der Waals surface area contributed by atoms with Gasteiger partial charge >= 0.3 is 0 Å². The molecule has 1 heterocycles. The molecule has 3 heteroatoms. The van der Waals surface area contributed by atoms with Gasteiger partial charge in [0.05, 0.1) is 21.3 Å². The van der Waals surface area contributed by atoms with E-state index in [1.165, 1.54) is 5.19 Å². The lowest BCUT2D eigenvalue weighted by molar-refractivity contribution is -0.0475. The molecule has 0 saturated carbocycles. The van der Waals surface area contributed by atoms with Gasteiger partial charge in [-0.2, -0.15) is 0 Å². The van der Waals surface area contributed by atoms with E-state index in [2.05, 4.69) is 62.5 Å². The summed E-state index contributed by atoms with van der Waals surface area (Å²) in [6.07, 6.45) is 6.73. The van der Waals surface area contributed by atoms with Crippen LogP contribution in [0, 0.1) is 0 Å². The third kappa shape index (κ3) is 3.81. The summed E-state index contributed by atoms with van der Waals surface area (Å²) in [6, 6.07) is 11.0. The molecular weight excluding hydrogens is 264 g/mol. The van der Waals surface area contributed by atoms with Gasteiger partial charge in [0.25, 0.3) is 0 Å². The van der Waals surface area contributed by atoms with Crippen LogP contribution in [0.25, 0.3) is 0 Å².